The Morgan fingerprint density at radius 1 is 1.25 bits per heavy atom. The third kappa shape index (κ3) is 360. The zero-order valence-electron chi connectivity index (χ0n) is 6.11. The van der Waals surface area contributed by atoms with Gasteiger partial charge in [-0.3, -0.25) is 0 Å². The van der Waals surface area contributed by atoms with Gasteiger partial charge in [0, 0.05) is 0 Å². The van der Waals surface area contributed by atoms with Crippen molar-refractivity contribution in [1.82, 2.24) is 6.15 Å². The molecule has 8 heavy (non-hydrogen) atoms. The fourth-order valence-electron chi connectivity index (χ4n) is 0. The molecule has 8 N–H and O–H groups in total. The van der Waals surface area contributed by atoms with Gasteiger partial charge < -0.3 is 29.2 Å². The van der Waals surface area contributed by atoms with E-state index in [2.05, 4.69) is 0 Å². The molecule has 0 saturated heterocycles. The topological polar surface area (TPSA) is 144 Å². The van der Waals surface area contributed by atoms with Crippen LogP contribution in [0.2, 0.25) is 0 Å². The van der Waals surface area contributed by atoms with Crippen LogP contribution in [0.5, 0.6) is 0 Å². The molecule has 0 saturated carbocycles. The molecular weight excluding hydrogens is 149 g/mol. The predicted octanol–water partition coefficient (Wildman–Crippen LogP) is -1.75. The predicted molar refractivity (Wildman–Crippen MR) is 30.9 cm³/mol. The summed E-state index contributed by atoms with van der Waals surface area (Å²) in [4.78, 5) is 21.6. The first-order valence-electron chi connectivity index (χ1n) is 0.783. The van der Waals surface area contributed by atoms with E-state index in [1.165, 1.54) is 0 Å². The van der Waals surface area contributed by atoms with E-state index in [-0.39, 0.29) is 37.5 Å². The monoisotopic (exact) mass is 159 g/mol. The van der Waals surface area contributed by atoms with Crippen molar-refractivity contribution in [2.75, 3.05) is 0 Å². The van der Waals surface area contributed by atoms with Crippen LogP contribution < -0.4 is 6.15 Å². The fraction of sp³-hybridized carbons (Fsp3) is 0. The van der Waals surface area contributed by atoms with Crippen LogP contribution >= 0.6 is 7.82 Å². The van der Waals surface area contributed by atoms with E-state index >= 15 is 0 Å². The summed E-state index contributed by atoms with van der Waals surface area (Å²) in [5, 5.41) is 0. The van der Waals surface area contributed by atoms with E-state index in [4.69, 9.17) is 19.2 Å². The minimum absolute atomic E-state index is 0. The average molecular weight is 159 g/mol. The molecule has 0 fully saturated rings. The van der Waals surface area contributed by atoms with Gasteiger partial charge in [-0.15, -0.1) is 0 Å². The molecule has 0 aliphatic heterocycles. The summed E-state index contributed by atoms with van der Waals surface area (Å²) in [5.41, 5.74) is 0. The number of phosphoric acid groups is 1. The molecule has 0 spiro atoms. The molecule has 0 aromatic rings. The Labute approximate surface area is 65.2 Å². The van der Waals surface area contributed by atoms with E-state index in [0.717, 1.165) is 0 Å². The summed E-state index contributed by atoms with van der Waals surface area (Å²) in [7, 11) is -4.64. The van der Waals surface area contributed by atoms with E-state index in [0.29, 0.717) is 0 Å². The molecule has 6 nitrogen and oxygen atoms in total. The summed E-state index contributed by atoms with van der Waals surface area (Å²) in [6.07, 6.45) is 0. The van der Waals surface area contributed by atoms with Gasteiger partial charge in [-0.25, -0.2) is 4.57 Å². The molecule has 52 valence electrons. The number of rotatable bonds is 0. The van der Waals surface area contributed by atoms with Crippen LogP contribution in [-0.4, -0.2) is 43.2 Å². The van der Waals surface area contributed by atoms with Gasteiger partial charge >= 0.3 is 30.9 Å². The third-order valence-corrected chi connectivity index (χ3v) is 0. The smallest absolute Gasteiger partial charge is 1.00 e. The third-order valence-electron chi connectivity index (χ3n) is 0. The quantitative estimate of drug-likeness (QED) is 0.245. The van der Waals surface area contributed by atoms with Crippen molar-refractivity contribution < 1.29 is 27.6 Å². The molecule has 0 aliphatic rings. The first-order valence-corrected chi connectivity index (χ1v) is 2.35. The molecule has 0 rings (SSSR count). The molecule has 8 heteroatoms. The van der Waals surface area contributed by atoms with Crippen LogP contribution in [-0.2, 0) is 4.57 Å². The molecule has 0 radical (unpaired) electrons. The van der Waals surface area contributed by atoms with Gasteiger partial charge in [0.15, 0.2) is 0 Å². The Morgan fingerprint density at radius 2 is 1.25 bits per heavy atom. The molecule has 0 unspecified atom stereocenters. The summed E-state index contributed by atoms with van der Waals surface area (Å²) < 4.78 is 8.88. The van der Waals surface area contributed by atoms with Gasteiger partial charge in [0.1, 0.15) is 0 Å². The van der Waals surface area contributed by atoms with Gasteiger partial charge in [0.25, 0.3) is 0 Å². The Hall–Kier alpha value is 0.796. The molecule has 0 heterocycles. The zero-order valence-corrected chi connectivity index (χ0v) is 6.42. The fourth-order valence-corrected chi connectivity index (χ4v) is 0. The number of hydrogen-bond acceptors (Lipinski definition) is 2. The van der Waals surface area contributed by atoms with Crippen molar-refractivity contribution in [1.29, 1.82) is 0 Å². The molecule has 0 aromatic carbocycles. The summed E-state index contributed by atoms with van der Waals surface area (Å²) in [6, 6.07) is 0. The van der Waals surface area contributed by atoms with Crippen LogP contribution in [0, 0.1) is 0 Å². The van der Waals surface area contributed by atoms with Gasteiger partial charge in [0.2, 0.25) is 0 Å². The maximum Gasteiger partial charge on any atom is 2.00 e. The standard InChI is InChI=1S/Mg.H3N.H3O4P.H2O.2H/c;;1-5(2,3)4;;;/h;1H3;(H3,1,2,3,4);1H2;;/q+2;;;;2*-1. The van der Waals surface area contributed by atoms with E-state index in [1.54, 1.807) is 0 Å². The van der Waals surface area contributed by atoms with Crippen LogP contribution in [0.4, 0.5) is 0 Å². The minimum Gasteiger partial charge on any atom is -1.00 e. The van der Waals surface area contributed by atoms with Crippen molar-refractivity contribution in [2.45, 2.75) is 0 Å². The Bertz CT molecular complexity index is 65.8. The van der Waals surface area contributed by atoms with Gasteiger partial charge in [-0.1, -0.05) is 0 Å². The van der Waals surface area contributed by atoms with Crippen LogP contribution in [0.3, 0.4) is 0 Å². The van der Waals surface area contributed by atoms with E-state index in [9.17, 15) is 0 Å². The van der Waals surface area contributed by atoms with Gasteiger partial charge in [0.05, 0.1) is 0 Å². The van der Waals surface area contributed by atoms with Crippen LogP contribution in [0.15, 0.2) is 0 Å². The minimum atomic E-state index is -4.64. The largest absolute Gasteiger partial charge is 2.00 e. The van der Waals surface area contributed by atoms with Gasteiger partial charge in [-0.2, -0.15) is 0 Å². The number of hydrogen-bond donors (Lipinski definition) is 4. The van der Waals surface area contributed by atoms with Crippen molar-refractivity contribution in [3.8, 4) is 0 Å². The maximum atomic E-state index is 8.88. The maximum absolute atomic E-state index is 8.88. The van der Waals surface area contributed by atoms with Crippen LogP contribution in [0.1, 0.15) is 2.85 Å². The summed E-state index contributed by atoms with van der Waals surface area (Å²) in [6.45, 7) is 0. The van der Waals surface area contributed by atoms with Crippen molar-refractivity contribution in [3.63, 3.8) is 0 Å². The molecule has 0 atom stereocenters. The Balaban J connectivity index is -0.00000000800. The molecule has 0 aliphatic carbocycles. The molecule has 0 aromatic heterocycles. The second-order valence-corrected chi connectivity index (χ2v) is 1.54. The second kappa shape index (κ2) is 7.80. The van der Waals surface area contributed by atoms with Gasteiger partial charge in [-0.05, 0) is 0 Å². The van der Waals surface area contributed by atoms with Crippen molar-refractivity contribution >= 4 is 30.9 Å². The Kier molecular flexibility index (Phi) is 22.6. The first kappa shape index (κ1) is 23.2. The zero-order chi connectivity index (χ0) is 4.50. The summed E-state index contributed by atoms with van der Waals surface area (Å²) >= 11 is 0. The Morgan fingerprint density at radius 3 is 1.25 bits per heavy atom. The van der Waals surface area contributed by atoms with Crippen molar-refractivity contribution in [3.05, 3.63) is 0 Å². The van der Waals surface area contributed by atoms with Crippen LogP contribution in [0.25, 0.3) is 0 Å². The summed E-state index contributed by atoms with van der Waals surface area (Å²) in [5.74, 6) is 0. The molecule has 0 amide bonds. The molecule has 0 bridgehead atoms. The SMILES string of the molecule is N.O.O=P(O)(O)O.[H-].[H-].[Mg+2]. The van der Waals surface area contributed by atoms with E-state index in [1.807, 2.05) is 0 Å². The molecular formula is H10MgNO5P. The first-order chi connectivity index (χ1) is 2.00. The normalized spacial score (nSPS) is 7.38. The average Bonchev–Trinajstić information content (AvgIpc) is 0.722. The van der Waals surface area contributed by atoms with E-state index < -0.39 is 7.82 Å². The van der Waals surface area contributed by atoms with Crippen molar-refractivity contribution in [2.24, 2.45) is 0 Å². The second-order valence-electron chi connectivity index (χ2n) is 0.513.